The second kappa shape index (κ2) is 8.26. The number of Topliss-reactive ketones (excluding diaryl/α,β-unsaturated/α-hetero) is 1. The molecular weight excluding hydrogens is 335 g/mol. The number of benzene rings is 2. The van der Waals surface area contributed by atoms with Gasteiger partial charge < -0.3 is 9.47 Å². The summed E-state index contributed by atoms with van der Waals surface area (Å²) < 4.78 is 23.1. The van der Waals surface area contributed by atoms with Gasteiger partial charge in [-0.15, -0.1) is 0 Å². The summed E-state index contributed by atoms with van der Waals surface area (Å²) in [6.07, 6.45) is 2.65. The lowest BCUT2D eigenvalue weighted by Gasteiger charge is -2.07. The molecule has 0 spiro atoms. The summed E-state index contributed by atoms with van der Waals surface area (Å²) in [5, 5.41) is 0.488. The first-order valence-electron chi connectivity index (χ1n) is 6.97. The monoisotopic (exact) mass is 348 g/mol. The molecule has 2 rings (SSSR count). The quantitative estimate of drug-likeness (QED) is 0.451. The molecule has 0 amide bonds. The molecule has 0 aromatic heterocycles. The van der Waals surface area contributed by atoms with Crippen molar-refractivity contribution in [2.24, 2.45) is 0 Å². The highest BCUT2D eigenvalue weighted by Gasteiger charge is 2.15. The summed E-state index contributed by atoms with van der Waals surface area (Å²) in [4.78, 5) is 23.7. The minimum Gasteiger partial charge on any atom is -0.496 e. The molecule has 0 aliphatic rings. The van der Waals surface area contributed by atoms with E-state index in [4.69, 9.17) is 21.1 Å². The van der Waals surface area contributed by atoms with E-state index in [0.29, 0.717) is 10.6 Å². The summed E-state index contributed by atoms with van der Waals surface area (Å²) in [5.74, 6) is -1.64. The Bertz CT molecular complexity index is 786. The molecule has 0 aliphatic carbocycles. The normalized spacial score (nSPS) is 10.6. The van der Waals surface area contributed by atoms with Crippen LogP contribution in [0.4, 0.5) is 4.39 Å². The van der Waals surface area contributed by atoms with Crippen molar-refractivity contribution >= 4 is 29.4 Å². The maximum Gasteiger partial charge on any atom is 0.331 e. The first-order chi connectivity index (χ1) is 11.5. The lowest BCUT2D eigenvalue weighted by Crippen LogP contribution is -2.13. The summed E-state index contributed by atoms with van der Waals surface area (Å²) >= 11 is 5.96. The van der Waals surface area contributed by atoms with E-state index in [9.17, 15) is 14.0 Å². The van der Waals surface area contributed by atoms with Crippen molar-refractivity contribution in [3.05, 3.63) is 70.5 Å². The Hall–Kier alpha value is -2.66. The Morgan fingerprint density at radius 1 is 1.21 bits per heavy atom. The first kappa shape index (κ1) is 17.7. The number of carbonyl (C=O) groups is 2. The number of rotatable bonds is 6. The van der Waals surface area contributed by atoms with Crippen molar-refractivity contribution in [3.63, 3.8) is 0 Å². The van der Waals surface area contributed by atoms with E-state index in [1.54, 1.807) is 24.3 Å². The van der Waals surface area contributed by atoms with Gasteiger partial charge in [-0.3, -0.25) is 4.79 Å². The SMILES string of the molecule is COc1ccc(F)cc1C(=O)COC(=O)/C=C/c1ccccc1Cl. The maximum atomic E-state index is 13.2. The maximum absolute atomic E-state index is 13.2. The minimum absolute atomic E-state index is 0.0142. The minimum atomic E-state index is -0.710. The number of ether oxygens (including phenoxy) is 2. The highest BCUT2D eigenvalue weighted by atomic mass is 35.5. The fourth-order valence-corrected chi connectivity index (χ4v) is 2.13. The van der Waals surface area contributed by atoms with Crippen molar-refractivity contribution < 1.29 is 23.5 Å². The van der Waals surface area contributed by atoms with Crippen molar-refractivity contribution in [2.75, 3.05) is 13.7 Å². The van der Waals surface area contributed by atoms with Crippen LogP contribution >= 0.6 is 11.6 Å². The Morgan fingerprint density at radius 2 is 1.96 bits per heavy atom. The third-order valence-electron chi connectivity index (χ3n) is 3.11. The average Bonchev–Trinajstić information content (AvgIpc) is 2.59. The number of esters is 1. The molecule has 0 radical (unpaired) electrons. The van der Waals surface area contributed by atoms with Gasteiger partial charge in [-0.25, -0.2) is 9.18 Å². The van der Waals surface area contributed by atoms with Crippen LogP contribution in [0, 0.1) is 5.82 Å². The van der Waals surface area contributed by atoms with Gasteiger partial charge in [0.15, 0.2) is 6.61 Å². The molecule has 0 saturated heterocycles. The lowest BCUT2D eigenvalue weighted by molar-refractivity contribution is -0.136. The number of hydrogen-bond donors (Lipinski definition) is 0. The zero-order valence-electron chi connectivity index (χ0n) is 12.8. The van der Waals surface area contributed by atoms with E-state index >= 15 is 0 Å². The van der Waals surface area contributed by atoms with Crippen LogP contribution in [-0.2, 0) is 9.53 Å². The van der Waals surface area contributed by atoms with E-state index in [1.165, 1.54) is 25.3 Å². The molecule has 0 aliphatic heterocycles. The lowest BCUT2D eigenvalue weighted by atomic mass is 10.1. The summed E-state index contributed by atoms with van der Waals surface area (Å²) in [6, 6.07) is 10.5. The third-order valence-corrected chi connectivity index (χ3v) is 3.46. The fraction of sp³-hybridized carbons (Fsp3) is 0.111. The van der Waals surface area contributed by atoms with E-state index in [-0.39, 0.29) is 11.3 Å². The van der Waals surface area contributed by atoms with Gasteiger partial charge in [-0.2, -0.15) is 0 Å². The fourth-order valence-electron chi connectivity index (χ4n) is 1.93. The largest absolute Gasteiger partial charge is 0.496 e. The molecule has 0 atom stereocenters. The van der Waals surface area contributed by atoms with Gasteiger partial charge in [0.05, 0.1) is 12.7 Å². The van der Waals surface area contributed by atoms with Gasteiger partial charge in [-0.1, -0.05) is 29.8 Å². The topological polar surface area (TPSA) is 52.6 Å². The molecule has 2 aromatic rings. The zero-order chi connectivity index (χ0) is 17.5. The van der Waals surface area contributed by atoms with Crippen molar-refractivity contribution in [3.8, 4) is 5.75 Å². The van der Waals surface area contributed by atoms with Gasteiger partial charge in [0, 0.05) is 11.1 Å². The van der Waals surface area contributed by atoms with Crippen LogP contribution in [0.3, 0.4) is 0 Å². The Kier molecular flexibility index (Phi) is 6.09. The average molecular weight is 349 g/mol. The van der Waals surface area contributed by atoms with Gasteiger partial charge >= 0.3 is 5.97 Å². The van der Waals surface area contributed by atoms with Gasteiger partial charge in [-0.05, 0) is 35.9 Å². The van der Waals surface area contributed by atoms with Gasteiger partial charge in [0.1, 0.15) is 11.6 Å². The molecule has 0 bridgehead atoms. The second-order valence-corrected chi connectivity index (χ2v) is 5.14. The number of hydrogen-bond acceptors (Lipinski definition) is 4. The molecule has 0 N–H and O–H groups in total. The second-order valence-electron chi connectivity index (χ2n) is 4.73. The molecule has 0 saturated carbocycles. The molecule has 0 heterocycles. The number of ketones is 1. The number of carbonyl (C=O) groups excluding carboxylic acids is 2. The van der Waals surface area contributed by atoms with E-state index in [2.05, 4.69) is 0 Å². The van der Waals surface area contributed by atoms with Gasteiger partial charge in [0.2, 0.25) is 5.78 Å². The van der Waals surface area contributed by atoms with Crippen LogP contribution in [-0.4, -0.2) is 25.5 Å². The van der Waals surface area contributed by atoms with E-state index < -0.39 is 24.2 Å². The van der Waals surface area contributed by atoms with Crippen LogP contribution in [0.15, 0.2) is 48.5 Å². The smallest absolute Gasteiger partial charge is 0.331 e. The van der Waals surface area contributed by atoms with Crippen LogP contribution in [0.2, 0.25) is 5.02 Å². The van der Waals surface area contributed by atoms with Crippen molar-refractivity contribution in [1.82, 2.24) is 0 Å². The highest BCUT2D eigenvalue weighted by Crippen LogP contribution is 2.20. The Morgan fingerprint density at radius 3 is 2.67 bits per heavy atom. The number of methoxy groups -OCH3 is 1. The van der Waals surface area contributed by atoms with Crippen molar-refractivity contribution in [1.29, 1.82) is 0 Å². The van der Waals surface area contributed by atoms with Gasteiger partial charge in [0.25, 0.3) is 0 Å². The summed E-state index contributed by atoms with van der Waals surface area (Å²) in [6.45, 7) is -0.522. The van der Waals surface area contributed by atoms with Crippen molar-refractivity contribution in [2.45, 2.75) is 0 Å². The number of halogens is 2. The van der Waals surface area contributed by atoms with Crippen LogP contribution < -0.4 is 4.74 Å². The third kappa shape index (κ3) is 4.67. The molecule has 24 heavy (non-hydrogen) atoms. The molecule has 0 fully saturated rings. The van der Waals surface area contributed by atoms with Crippen LogP contribution in [0.25, 0.3) is 6.08 Å². The Balaban J connectivity index is 1.98. The molecular formula is C18H14ClFO4. The van der Waals surface area contributed by atoms with Crippen LogP contribution in [0.5, 0.6) is 5.75 Å². The molecule has 2 aromatic carbocycles. The van der Waals surface area contributed by atoms with E-state index in [0.717, 1.165) is 12.1 Å². The molecule has 4 nitrogen and oxygen atoms in total. The zero-order valence-corrected chi connectivity index (χ0v) is 13.5. The molecule has 124 valence electrons. The standard InChI is InChI=1S/C18H14ClFO4/c1-23-17-8-7-13(20)10-14(17)16(21)11-24-18(22)9-6-12-4-2-3-5-15(12)19/h2-10H,11H2,1H3/b9-6+. The predicted molar refractivity (Wildman–Crippen MR) is 88.7 cm³/mol. The summed E-state index contributed by atoms with van der Waals surface area (Å²) in [7, 11) is 1.36. The molecule has 6 heteroatoms. The molecule has 0 unspecified atom stereocenters. The first-order valence-corrected chi connectivity index (χ1v) is 7.35. The highest BCUT2D eigenvalue weighted by molar-refractivity contribution is 6.32. The van der Waals surface area contributed by atoms with Crippen LogP contribution in [0.1, 0.15) is 15.9 Å². The van der Waals surface area contributed by atoms with E-state index in [1.807, 2.05) is 0 Å². The Labute approximate surface area is 143 Å². The summed E-state index contributed by atoms with van der Waals surface area (Å²) in [5.41, 5.74) is 0.662. The predicted octanol–water partition coefficient (Wildman–Crippen LogP) is 3.93.